The summed E-state index contributed by atoms with van der Waals surface area (Å²) >= 11 is 1.35. The first-order chi connectivity index (χ1) is 12.6. The van der Waals surface area contributed by atoms with E-state index in [-0.39, 0.29) is 18.1 Å². The molecule has 26 heavy (non-hydrogen) atoms. The molecule has 7 heteroatoms. The highest BCUT2D eigenvalue weighted by atomic mass is 32.1. The molecule has 0 radical (unpaired) electrons. The van der Waals surface area contributed by atoms with Crippen molar-refractivity contribution in [3.8, 4) is 28.5 Å². The third-order valence-corrected chi connectivity index (χ3v) is 4.33. The summed E-state index contributed by atoms with van der Waals surface area (Å²) in [5.74, 6) is 7.31. The monoisotopic (exact) mass is 372 g/mol. The minimum absolute atomic E-state index is 0.104. The van der Waals surface area contributed by atoms with Gasteiger partial charge in [0.2, 0.25) is 5.91 Å². The van der Waals surface area contributed by atoms with Crippen molar-refractivity contribution in [1.29, 1.82) is 0 Å². The van der Waals surface area contributed by atoms with Gasteiger partial charge in [-0.1, -0.05) is 23.2 Å². The number of ether oxygens (including phenoxy) is 3. The zero-order chi connectivity index (χ0) is 18.4. The van der Waals surface area contributed by atoms with Crippen LogP contribution in [-0.2, 0) is 9.53 Å². The summed E-state index contributed by atoms with van der Waals surface area (Å²) in [5.41, 5.74) is 0. The molecule has 3 rings (SSSR count). The van der Waals surface area contributed by atoms with Gasteiger partial charge < -0.3 is 19.5 Å². The highest BCUT2D eigenvalue weighted by molar-refractivity contribution is 7.13. The van der Waals surface area contributed by atoms with Gasteiger partial charge in [-0.2, -0.15) is 0 Å². The Morgan fingerprint density at radius 3 is 2.85 bits per heavy atom. The maximum absolute atomic E-state index is 11.0. The molecule has 1 N–H and O–H groups in total. The van der Waals surface area contributed by atoms with Crippen molar-refractivity contribution < 1.29 is 19.0 Å². The summed E-state index contributed by atoms with van der Waals surface area (Å²) in [5, 5.41) is 3.22. The van der Waals surface area contributed by atoms with Gasteiger partial charge in [-0.3, -0.25) is 4.79 Å². The number of hydrogen-bond acceptors (Lipinski definition) is 6. The summed E-state index contributed by atoms with van der Waals surface area (Å²) in [4.78, 5) is 16.0. The van der Waals surface area contributed by atoms with E-state index in [1.807, 2.05) is 31.2 Å². The number of nitrogens with one attached hydrogen (secondary N) is 1. The number of carbonyl (C=O) groups is 1. The molecule has 1 aromatic heterocycles. The SMILES string of the molecule is CC(=O)NC(C)C#Cc1cnc(Oc2ccc(OC3CCOC3)cc2)s1. The molecule has 1 aromatic carbocycles. The number of hydrogen-bond donors (Lipinski definition) is 1. The highest BCUT2D eigenvalue weighted by Gasteiger charge is 2.17. The lowest BCUT2D eigenvalue weighted by atomic mass is 10.3. The molecule has 2 atom stereocenters. The second-order valence-electron chi connectivity index (χ2n) is 5.86. The van der Waals surface area contributed by atoms with Gasteiger partial charge in [0, 0.05) is 13.3 Å². The Morgan fingerprint density at radius 1 is 1.38 bits per heavy atom. The van der Waals surface area contributed by atoms with Crippen LogP contribution in [0.4, 0.5) is 0 Å². The Labute approximate surface area is 156 Å². The molecule has 1 fully saturated rings. The van der Waals surface area contributed by atoms with Gasteiger partial charge in [0.05, 0.1) is 25.5 Å². The molecular formula is C19H20N2O4S. The number of carbonyl (C=O) groups excluding carboxylic acids is 1. The minimum Gasteiger partial charge on any atom is -0.488 e. The van der Waals surface area contributed by atoms with Gasteiger partial charge in [-0.15, -0.1) is 0 Å². The summed E-state index contributed by atoms with van der Waals surface area (Å²) in [6.07, 6.45) is 2.70. The van der Waals surface area contributed by atoms with Crippen LogP contribution in [0.5, 0.6) is 16.7 Å². The van der Waals surface area contributed by atoms with Gasteiger partial charge in [0.25, 0.3) is 5.19 Å². The molecule has 2 unspecified atom stereocenters. The Bertz CT molecular complexity index is 801. The lowest BCUT2D eigenvalue weighted by molar-refractivity contribution is -0.119. The third kappa shape index (κ3) is 5.48. The van der Waals surface area contributed by atoms with Gasteiger partial charge in [-0.05, 0) is 31.2 Å². The lowest BCUT2D eigenvalue weighted by Crippen LogP contribution is -2.28. The average molecular weight is 372 g/mol. The first-order valence-corrected chi connectivity index (χ1v) is 9.17. The van der Waals surface area contributed by atoms with Crippen LogP contribution in [0, 0.1) is 11.8 Å². The van der Waals surface area contributed by atoms with Crippen molar-refractivity contribution in [2.45, 2.75) is 32.4 Å². The van der Waals surface area contributed by atoms with Gasteiger partial charge in [-0.25, -0.2) is 4.98 Å². The number of thiazole rings is 1. The largest absolute Gasteiger partial charge is 0.488 e. The highest BCUT2D eigenvalue weighted by Crippen LogP contribution is 2.28. The molecule has 1 aliphatic rings. The van der Waals surface area contributed by atoms with Crippen molar-refractivity contribution >= 4 is 17.2 Å². The predicted molar refractivity (Wildman–Crippen MR) is 98.6 cm³/mol. The molecule has 136 valence electrons. The van der Waals surface area contributed by atoms with Gasteiger partial charge in [0.15, 0.2) is 0 Å². The number of nitrogens with zero attached hydrogens (tertiary/aromatic N) is 1. The number of benzene rings is 1. The molecule has 0 aliphatic carbocycles. The van der Waals surface area contributed by atoms with Gasteiger partial charge >= 0.3 is 0 Å². The van der Waals surface area contributed by atoms with Crippen LogP contribution in [0.15, 0.2) is 30.5 Å². The van der Waals surface area contributed by atoms with E-state index in [2.05, 4.69) is 22.1 Å². The predicted octanol–water partition coefficient (Wildman–Crippen LogP) is 2.98. The van der Waals surface area contributed by atoms with E-state index in [4.69, 9.17) is 14.2 Å². The Balaban J connectivity index is 1.55. The molecule has 0 spiro atoms. The topological polar surface area (TPSA) is 69.7 Å². The fourth-order valence-corrected chi connectivity index (χ4v) is 3.02. The van der Waals surface area contributed by atoms with E-state index in [9.17, 15) is 4.79 Å². The van der Waals surface area contributed by atoms with Crippen LogP contribution in [-0.4, -0.2) is 36.3 Å². The summed E-state index contributed by atoms with van der Waals surface area (Å²) in [6.45, 7) is 4.69. The smallest absolute Gasteiger partial charge is 0.279 e. The quantitative estimate of drug-likeness (QED) is 0.817. The van der Waals surface area contributed by atoms with Crippen LogP contribution in [0.3, 0.4) is 0 Å². The zero-order valence-corrected chi connectivity index (χ0v) is 15.5. The number of rotatable bonds is 5. The van der Waals surface area contributed by atoms with Crippen molar-refractivity contribution in [3.05, 3.63) is 35.3 Å². The normalized spacial score (nSPS) is 17.1. The minimum atomic E-state index is -0.211. The standard InChI is InChI=1S/C19H20N2O4S/c1-13(21-14(2)22)3-8-18-11-20-19(26-18)25-16-6-4-15(5-7-16)24-17-9-10-23-12-17/h4-7,11,13,17H,9-10,12H2,1-2H3,(H,21,22). The Kier molecular flexibility index (Phi) is 6.10. The third-order valence-electron chi connectivity index (χ3n) is 3.54. The van der Waals surface area contributed by atoms with Crippen LogP contribution in [0.25, 0.3) is 0 Å². The fourth-order valence-electron chi connectivity index (χ4n) is 2.37. The molecule has 1 aliphatic heterocycles. The number of amides is 1. The first-order valence-electron chi connectivity index (χ1n) is 8.35. The van der Waals surface area contributed by atoms with Crippen LogP contribution < -0.4 is 14.8 Å². The van der Waals surface area contributed by atoms with E-state index in [1.165, 1.54) is 18.3 Å². The lowest BCUT2D eigenvalue weighted by Gasteiger charge is -2.11. The van der Waals surface area contributed by atoms with E-state index < -0.39 is 0 Å². The molecule has 6 nitrogen and oxygen atoms in total. The Morgan fingerprint density at radius 2 is 2.15 bits per heavy atom. The van der Waals surface area contributed by atoms with Crippen LogP contribution in [0.2, 0.25) is 0 Å². The number of aromatic nitrogens is 1. The molecule has 1 saturated heterocycles. The first kappa shape index (κ1) is 18.2. The molecule has 2 aromatic rings. The molecule has 2 heterocycles. The molecule has 0 bridgehead atoms. The van der Waals surface area contributed by atoms with E-state index in [0.29, 0.717) is 17.6 Å². The molecule has 0 saturated carbocycles. The molecular weight excluding hydrogens is 352 g/mol. The summed E-state index contributed by atoms with van der Waals surface area (Å²) < 4.78 is 16.9. The van der Waals surface area contributed by atoms with E-state index in [0.717, 1.165) is 23.7 Å². The fraction of sp³-hybridized carbons (Fsp3) is 0.368. The van der Waals surface area contributed by atoms with Crippen molar-refractivity contribution in [2.75, 3.05) is 13.2 Å². The molecule has 1 amide bonds. The van der Waals surface area contributed by atoms with Crippen molar-refractivity contribution in [3.63, 3.8) is 0 Å². The summed E-state index contributed by atoms with van der Waals surface area (Å²) in [7, 11) is 0. The maximum Gasteiger partial charge on any atom is 0.279 e. The van der Waals surface area contributed by atoms with Gasteiger partial charge in [0.1, 0.15) is 22.5 Å². The maximum atomic E-state index is 11.0. The zero-order valence-electron chi connectivity index (χ0n) is 14.7. The van der Waals surface area contributed by atoms with Crippen LogP contribution in [0.1, 0.15) is 25.1 Å². The van der Waals surface area contributed by atoms with Crippen LogP contribution >= 0.6 is 11.3 Å². The van der Waals surface area contributed by atoms with E-state index >= 15 is 0 Å². The second kappa shape index (κ2) is 8.70. The average Bonchev–Trinajstić information content (AvgIpc) is 3.26. The second-order valence-corrected chi connectivity index (χ2v) is 6.85. The summed E-state index contributed by atoms with van der Waals surface area (Å²) in [6, 6.07) is 7.22. The van der Waals surface area contributed by atoms with Crippen molar-refractivity contribution in [1.82, 2.24) is 10.3 Å². The van der Waals surface area contributed by atoms with E-state index in [1.54, 1.807) is 6.20 Å². The van der Waals surface area contributed by atoms with Crippen molar-refractivity contribution in [2.24, 2.45) is 0 Å². The Hall–Kier alpha value is -2.56.